The van der Waals surface area contributed by atoms with Crippen molar-refractivity contribution >= 4 is 18.1 Å². The molecular weight excluding hydrogens is 358 g/mol. The second kappa shape index (κ2) is 20.3. The minimum atomic E-state index is -1.03. The average molecular weight is 400 g/mol. The fraction of sp³-hybridized carbons (Fsp3) is 0.857. The Kier molecular flexibility index (Phi) is 19.2. The van der Waals surface area contributed by atoms with Crippen molar-refractivity contribution in [2.45, 2.75) is 90.0 Å². The number of rotatable bonds is 20. The average Bonchev–Trinajstić information content (AvgIpc) is 2.70. The van der Waals surface area contributed by atoms with Gasteiger partial charge < -0.3 is 25.9 Å². The fourth-order valence-electron chi connectivity index (χ4n) is 3.00. The summed E-state index contributed by atoms with van der Waals surface area (Å²) in [5.74, 6) is -0.914. The Morgan fingerprint density at radius 1 is 0.893 bits per heavy atom. The number of aldehydes is 1. The van der Waals surface area contributed by atoms with Gasteiger partial charge in [0.05, 0.1) is 19.7 Å². The van der Waals surface area contributed by atoms with Gasteiger partial charge in [-0.3, -0.25) is 9.59 Å². The zero-order valence-corrected chi connectivity index (χ0v) is 17.6. The molecule has 0 unspecified atom stereocenters. The van der Waals surface area contributed by atoms with Crippen LogP contribution in [0.4, 0.5) is 0 Å². The van der Waals surface area contributed by atoms with Gasteiger partial charge in [0.25, 0.3) is 0 Å². The van der Waals surface area contributed by atoms with Crippen molar-refractivity contribution in [2.24, 2.45) is 0 Å². The van der Waals surface area contributed by atoms with Gasteiger partial charge in [0, 0.05) is 0 Å². The van der Waals surface area contributed by atoms with Crippen LogP contribution < -0.4 is 16.0 Å². The summed E-state index contributed by atoms with van der Waals surface area (Å²) in [6, 6.07) is -1.03. The zero-order valence-electron chi connectivity index (χ0n) is 17.6. The topological polar surface area (TPSA) is 108 Å². The van der Waals surface area contributed by atoms with E-state index in [1.165, 1.54) is 64.2 Å². The number of unbranched alkanes of at least 4 members (excludes halogenated alkanes) is 11. The first-order chi connectivity index (χ1) is 13.7. The number of nitrogens with one attached hydrogen (secondary N) is 3. The van der Waals surface area contributed by atoms with E-state index < -0.39 is 18.6 Å². The molecular formula is C21H41N3O4. The van der Waals surface area contributed by atoms with Gasteiger partial charge in [0.1, 0.15) is 12.3 Å². The molecule has 0 aromatic rings. The van der Waals surface area contributed by atoms with Crippen molar-refractivity contribution in [3.05, 3.63) is 0 Å². The molecule has 164 valence electrons. The molecule has 0 heterocycles. The van der Waals surface area contributed by atoms with E-state index in [1.807, 2.05) is 0 Å². The van der Waals surface area contributed by atoms with Crippen molar-refractivity contribution < 1.29 is 19.5 Å². The van der Waals surface area contributed by atoms with Crippen LogP contribution in [-0.2, 0) is 14.4 Å². The summed E-state index contributed by atoms with van der Waals surface area (Å²) in [5, 5.41) is 17.0. The van der Waals surface area contributed by atoms with Gasteiger partial charge in [0.2, 0.25) is 11.8 Å². The van der Waals surface area contributed by atoms with Crippen LogP contribution in [0.1, 0.15) is 84.0 Å². The van der Waals surface area contributed by atoms with Crippen LogP contribution in [-0.4, -0.2) is 55.5 Å². The molecule has 28 heavy (non-hydrogen) atoms. The van der Waals surface area contributed by atoms with Gasteiger partial charge in [-0.05, 0) is 13.0 Å². The molecule has 0 fully saturated rings. The lowest BCUT2D eigenvalue weighted by atomic mass is 10.1. The summed E-state index contributed by atoms with van der Waals surface area (Å²) in [6.45, 7) is 2.47. The predicted molar refractivity (Wildman–Crippen MR) is 112 cm³/mol. The number of aliphatic hydroxyl groups excluding tert-OH is 1. The smallest absolute Gasteiger partial charge is 0.245 e. The lowest BCUT2D eigenvalue weighted by Crippen LogP contribution is -2.51. The number of hydrogen-bond acceptors (Lipinski definition) is 5. The number of hydrogen-bond donors (Lipinski definition) is 4. The third-order valence-electron chi connectivity index (χ3n) is 4.69. The predicted octanol–water partition coefficient (Wildman–Crippen LogP) is 2.07. The second-order valence-corrected chi connectivity index (χ2v) is 7.28. The summed E-state index contributed by atoms with van der Waals surface area (Å²) < 4.78 is 0. The van der Waals surface area contributed by atoms with E-state index in [-0.39, 0.29) is 19.0 Å². The molecule has 0 saturated heterocycles. The fourth-order valence-corrected chi connectivity index (χ4v) is 3.00. The molecule has 0 rings (SSSR count). The van der Waals surface area contributed by atoms with Crippen LogP contribution in [0.2, 0.25) is 0 Å². The van der Waals surface area contributed by atoms with Crippen LogP contribution in [0.3, 0.4) is 0 Å². The van der Waals surface area contributed by atoms with Gasteiger partial charge in [-0.25, -0.2) is 0 Å². The largest absolute Gasteiger partial charge is 0.394 e. The third-order valence-corrected chi connectivity index (χ3v) is 4.69. The highest BCUT2D eigenvalue weighted by molar-refractivity contribution is 5.89. The van der Waals surface area contributed by atoms with E-state index in [0.717, 1.165) is 19.4 Å². The molecule has 0 aliphatic rings. The highest BCUT2D eigenvalue weighted by Gasteiger charge is 2.18. The Bertz CT molecular complexity index is 405. The molecule has 0 aliphatic heterocycles. The monoisotopic (exact) mass is 399 g/mol. The molecule has 0 radical (unpaired) electrons. The lowest BCUT2D eigenvalue weighted by Gasteiger charge is -2.15. The first-order valence-electron chi connectivity index (χ1n) is 11.0. The van der Waals surface area contributed by atoms with Gasteiger partial charge in [-0.2, -0.15) is 0 Å². The van der Waals surface area contributed by atoms with E-state index in [2.05, 4.69) is 22.9 Å². The number of carbonyl (C=O) groups excluding carboxylic acids is 3. The van der Waals surface area contributed by atoms with Crippen molar-refractivity contribution in [3.63, 3.8) is 0 Å². The number of aliphatic hydroxyl groups is 1. The normalized spacial score (nSPS) is 11.8. The maximum Gasteiger partial charge on any atom is 0.245 e. The summed E-state index contributed by atoms with van der Waals surface area (Å²) in [6.07, 6.45) is 16.1. The molecule has 0 aliphatic carbocycles. The van der Waals surface area contributed by atoms with Crippen molar-refractivity contribution in [3.8, 4) is 0 Å². The second-order valence-electron chi connectivity index (χ2n) is 7.28. The van der Waals surface area contributed by atoms with Gasteiger partial charge in [-0.1, -0.05) is 77.6 Å². The lowest BCUT2D eigenvalue weighted by molar-refractivity contribution is -0.130. The first kappa shape index (κ1) is 26.5. The summed E-state index contributed by atoms with van der Waals surface area (Å²) in [7, 11) is 0. The van der Waals surface area contributed by atoms with Crippen LogP contribution in [0.15, 0.2) is 0 Å². The SMILES string of the molecule is CCCCCCCCCCCCCCNCC(=O)N[C@@H](CO)C(=O)NCC=O. The van der Waals surface area contributed by atoms with E-state index in [1.54, 1.807) is 0 Å². The molecule has 2 amide bonds. The molecule has 0 aromatic heterocycles. The highest BCUT2D eigenvalue weighted by atomic mass is 16.3. The molecule has 0 bridgehead atoms. The Balaban J connectivity index is 3.46. The highest BCUT2D eigenvalue weighted by Crippen LogP contribution is 2.11. The van der Waals surface area contributed by atoms with Crippen molar-refractivity contribution in [1.29, 1.82) is 0 Å². The standard InChI is InChI=1S/C21H41N3O4/c1-2-3-4-5-6-7-8-9-10-11-12-13-14-22-17-20(27)24-19(18-26)21(28)23-15-16-25/h16,19,22,26H,2-15,17-18H2,1H3,(H,23,28)(H,24,27)/t19-/m0/s1. The zero-order chi connectivity index (χ0) is 20.9. The van der Waals surface area contributed by atoms with Gasteiger partial charge in [0.15, 0.2) is 0 Å². The Hall–Kier alpha value is -1.47. The number of amides is 2. The van der Waals surface area contributed by atoms with Crippen LogP contribution in [0, 0.1) is 0 Å². The molecule has 0 spiro atoms. The maximum absolute atomic E-state index is 11.8. The van der Waals surface area contributed by atoms with Crippen LogP contribution in [0.25, 0.3) is 0 Å². The Morgan fingerprint density at radius 3 is 1.93 bits per heavy atom. The molecule has 4 N–H and O–H groups in total. The van der Waals surface area contributed by atoms with E-state index in [9.17, 15) is 14.4 Å². The quantitative estimate of drug-likeness (QED) is 0.185. The van der Waals surface area contributed by atoms with Crippen LogP contribution in [0.5, 0.6) is 0 Å². The van der Waals surface area contributed by atoms with Gasteiger partial charge in [-0.15, -0.1) is 0 Å². The van der Waals surface area contributed by atoms with Crippen molar-refractivity contribution in [2.75, 3.05) is 26.2 Å². The first-order valence-corrected chi connectivity index (χ1v) is 11.0. The third kappa shape index (κ3) is 16.7. The van der Waals surface area contributed by atoms with Crippen LogP contribution >= 0.6 is 0 Å². The van der Waals surface area contributed by atoms with Gasteiger partial charge >= 0.3 is 0 Å². The maximum atomic E-state index is 11.8. The summed E-state index contributed by atoms with van der Waals surface area (Å²) in [4.78, 5) is 33.6. The summed E-state index contributed by atoms with van der Waals surface area (Å²) >= 11 is 0. The molecule has 7 nitrogen and oxygen atoms in total. The summed E-state index contributed by atoms with van der Waals surface area (Å²) in [5.41, 5.74) is 0. The minimum Gasteiger partial charge on any atom is -0.394 e. The van der Waals surface area contributed by atoms with E-state index >= 15 is 0 Å². The molecule has 7 heteroatoms. The number of carbonyl (C=O) groups is 3. The Labute approximate surface area is 170 Å². The van der Waals surface area contributed by atoms with E-state index in [0.29, 0.717) is 6.29 Å². The molecule has 0 saturated carbocycles. The van der Waals surface area contributed by atoms with E-state index in [4.69, 9.17) is 5.11 Å². The van der Waals surface area contributed by atoms with Crippen molar-refractivity contribution in [1.82, 2.24) is 16.0 Å². The Morgan fingerprint density at radius 2 is 1.43 bits per heavy atom. The molecule has 0 aromatic carbocycles. The minimum absolute atomic E-state index is 0.107. The molecule has 1 atom stereocenters.